The fraction of sp³-hybridized carbons (Fsp3) is 0.364. The van der Waals surface area contributed by atoms with Crippen molar-refractivity contribution in [1.29, 1.82) is 0 Å². The van der Waals surface area contributed by atoms with Crippen LogP contribution in [0.1, 0.15) is 17.3 Å². The van der Waals surface area contributed by atoms with Gasteiger partial charge in [-0.3, -0.25) is 4.79 Å². The highest BCUT2D eigenvalue weighted by Gasteiger charge is 2.25. The number of amides is 1. The largest absolute Gasteiger partial charge is 0.497 e. The Morgan fingerprint density at radius 1 is 1.00 bits per heavy atom. The summed E-state index contributed by atoms with van der Waals surface area (Å²) in [5, 5.41) is 0. The zero-order valence-electron chi connectivity index (χ0n) is 17.1. The molecule has 7 nitrogen and oxygen atoms in total. The molecule has 3 aromatic rings. The highest BCUT2D eigenvalue weighted by Crippen LogP contribution is 2.26. The number of fused-ring (bicyclic) bond motifs is 1. The Kier molecular flexibility index (Phi) is 5.29. The molecule has 0 radical (unpaired) electrons. The molecular formula is C22H26N4O3. The Morgan fingerprint density at radius 3 is 2.28 bits per heavy atom. The highest BCUT2D eigenvalue weighted by atomic mass is 16.5. The van der Waals surface area contributed by atoms with Crippen molar-refractivity contribution in [2.24, 2.45) is 0 Å². The number of rotatable bonds is 5. The number of hydrogen-bond acceptors (Lipinski definition) is 5. The van der Waals surface area contributed by atoms with Gasteiger partial charge < -0.3 is 23.8 Å². The van der Waals surface area contributed by atoms with Gasteiger partial charge in [0.25, 0.3) is 5.91 Å². The van der Waals surface area contributed by atoms with E-state index >= 15 is 0 Å². The van der Waals surface area contributed by atoms with Gasteiger partial charge in [-0.15, -0.1) is 0 Å². The van der Waals surface area contributed by atoms with E-state index in [4.69, 9.17) is 14.5 Å². The van der Waals surface area contributed by atoms with Crippen LogP contribution in [-0.2, 0) is 6.54 Å². The Balaban J connectivity index is 1.51. The molecule has 0 bridgehead atoms. The summed E-state index contributed by atoms with van der Waals surface area (Å²) in [6.07, 6.45) is 0. The first-order chi connectivity index (χ1) is 14.1. The third kappa shape index (κ3) is 3.60. The molecule has 1 aromatic heterocycles. The SMILES string of the molecule is CCn1c(N2CCN(C(=O)c3cc(OC)cc(OC)c3)CC2)nc2ccccc21. The summed E-state index contributed by atoms with van der Waals surface area (Å²) in [5.74, 6) is 2.20. The molecule has 152 valence electrons. The first-order valence-electron chi connectivity index (χ1n) is 9.87. The number of hydrogen-bond donors (Lipinski definition) is 0. The summed E-state index contributed by atoms with van der Waals surface area (Å²) >= 11 is 0. The van der Waals surface area contributed by atoms with Crippen molar-refractivity contribution in [3.8, 4) is 11.5 Å². The number of para-hydroxylation sites is 2. The van der Waals surface area contributed by atoms with E-state index in [1.54, 1.807) is 32.4 Å². The minimum absolute atomic E-state index is 0.00848. The number of ether oxygens (including phenoxy) is 2. The van der Waals surface area contributed by atoms with Crippen LogP contribution in [0.4, 0.5) is 5.95 Å². The van der Waals surface area contributed by atoms with E-state index in [0.717, 1.165) is 36.6 Å². The molecule has 2 heterocycles. The number of carbonyl (C=O) groups is 1. The zero-order chi connectivity index (χ0) is 20.4. The predicted molar refractivity (Wildman–Crippen MR) is 113 cm³/mol. The van der Waals surface area contributed by atoms with E-state index in [-0.39, 0.29) is 5.91 Å². The van der Waals surface area contributed by atoms with Gasteiger partial charge in [0.05, 0.1) is 25.3 Å². The minimum Gasteiger partial charge on any atom is -0.497 e. The second-order valence-corrected chi connectivity index (χ2v) is 7.03. The molecule has 0 N–H and O–H groups in total. The van der Waals surface area contributed by atoms with Crippen molar-refractivity contribution in [2.45, 2.75) is 13.5 Å². The lowest BCUT2D eigenvalue weighted by Crippen LogP contribution is -2.49. The zero-order valence-corrected chi connectivity index (χ0v) is 17.1. The van der Waals surface area contributed by atoms with Crippen molar-refractivity contribution in [3.63, 3.8) is 0 Å². The minimum atomic E-state index is -0.00848. The second kappa shape index (κ2) is 8.03. The van der Waals surface area contributed by atoms with Crippen LogP contribution in [0, 0.1) is 0 Å². The molecule has 1 aliphatic heterocycles. The molecule has 29 heavy (non-hydrogen) atoms. The average molecular weight is 394 g/mol. The van der Waals surface area contributed by atoms with Crippen LogP contribution in [0.2, 0.25) is 0 Å². The maximum atomic E-state index is 13.0. The summed E-state index contributed by atoms with van der Waals surface area (Å²) in [6.45, 7) is 5.77. The normalized spacial score (nSPS) is 14.3. The number of aromatic nitrogens is 2. The summed E-state index contributed by atoms with van der Waals surface area (Å²) in [4.78, 5) is 22.0. The smallest absolute Gasteiger partial charge is 0.254 e. The Morgan fingerprint density at radius 2 is 1.66 bits per heavy atom. The van der Waals surface area contributed by atoms with Crippen molar-refractivity contribution in [1.82, 2.24) is 14.5 Å². The van der Waals surface area contributed by atoms with E-state index in [2.05, 4.69) is 22.5 Å². The number of benzene rings is 2. The third-order valence-electron chi connectivity index (χ3n) is 5.40. The Labute approximate surface area is 170 Å². The lowest BCUT2D eigenvalue weighted by molar-refractivity contribution is 0.0745. The molecule has 0 aliphatic carbocycles. The number of imidazole rings is 1. The maximum absolute atomic E-state index is 13.0. The van der Waals surface area contributed by atoms with Crippen LogP contribution in [0.25, 0.3) is 11.0 Å². The number of nitrogens with zero attached hydrogens (tertiary/aromatic N) is 4. The summed E-state index contributed by atoms with van der Waals surface area (Å²) in [6, 6.07) is 13.5. The van der Waals surface area contributed by atoms with Crippen LogP contribution in [-0.4, -0.2) is 60.8 Å². The van der Waals surface area contributed by atoms with Gasteiger partial charge in [0.2, 0.25) is 5.95 Å². The molecule has 4 rings (SSSR count). The highest BCUT2D eigenvalue weighted by molar-refractivity contribution is 5.95. The average Bonchev–Trinajstić information content (AvgIpc) is 3.17. The van der Waals surface area contributed by atoms with E-state index in [0.29, 0.717) is 30.2 Å². The standard InChI is InChI=1S/C22H26N4O3/c1-4-26-20-8-6-5-7-19(20)23-22(26)25-11-9-24(10-12-25)21(27)16-13-17(28-2)15-18(14-16)29-3/h5-8,13-15H,4,9-12H2,1-3H3. The van der Waals surface area contributed by atoms with Crippen LogP contribution >= 0.6 is 0 Å². The van der Waals surface area contributed by atoms with E-state index in [9.17, 15) is 4.79 Å². The molecular weight excluding hydrogens is 368 g/mol. The van der Waals surface area contributed by atoms with Crippen molar-refractivity contribution in [3.05, 3.63) is 48.0 Å². The van der Waals surface area contributed by atoms with Crippen LogP contribution < -0.4 is 14.4 Å². The molecule has 7 heteroatoms. The second-order valence-electron chi connectivity index (χ2n) is 7.03. The van der Waals surface area contributed by atoms with Gasteiger partial charge in [0.15, 0.2) is 0 Å². The number of anilines is 1. The maximum Gasteiger partial charge on any atom is 0.254 e. The number of carbonyl (C=O) groups excluding carboxylic acids is 1. The fourth-order valence-electron chi connectivity index (χ4n) is 3.84. The third-order valence-corrected chi connectivity index (χ3v) is 5.40. The van der Waals surface area contributed by atoms with Crippen molar-refractivity contribution >= 4 is 22.9 Å². The van der Waals surface area contributed by atoms with Crippen LogP contribution in [0.3, 0.4) is 0 Å². The molecule has 1 aliphatic rings. The lowest BCUT2D eigenvalue weighted by atomic mass is 10.1. The van der Waals surface area contributed by atoms with E-state index in [1.807, 2.05) is 23.1 Å². The molecule has 0 saturated carbocycles. The Bertz CT molecular complexity index is 1000. The fourth-order valence-corrected chi connectivity index (χ4v) is 3.84. The van der Waals surface area contributed by atoms with Gasteiger partial charge >= 0.3 is 0 Å². The van der Waals surface area contributed by atoms with Gasteiger partial charge in [0.1, 0.15) is 11.5 Å². The van der Waals surface area contributed by atoms with Crippen LogP contribution in [0.5, 0.6) is 11.5 Å². The molecule has 0 spiro atoms. The Hall–Kier alpha value is -3.22. The molecule has 1 amide bonds. The van der Waals surface area contributed by atoms with Gasteiger partial charge in [-0.25, -0.2) is 4.98 Å². The number of piperazine rings is 1. The molecule has 1 saturated heterocycles. The van der Waals surface area contributed by atoms with Gasteiger partial charge in [-0.05, 0) is 31.2 Å². The quantitative estimate of drug-likeness (QED) is 0.666. The predicted octanol–water partition coefficient (Wildman–Crippen LogP) is 3.04. The summed E-state index contributed by atoms with van der Waals surface area (Å²) in [7, 11) is 3.17. The number of aryl methyl sites for hydroxylation is 1. The number of methoxy groups -OCH3 is 2. The topological polar surface area (TPSA) is 59.8 Å². The molecule has 0 atom stereocenters. The van der Waals surface area contributed by atoms with Gasteiger partial charge in [-0.1, -0.05) is 12.1 Å². The van der Waals surface area contributed by atoms with Crippen molar-refractivity contribution < 1.29 is 14.3 Å². The molecule has 1 fully saturated rings. The van der Waals surface area contributed by atoms with E-state index in [1.165, 1.54) is 0 Å². The monoisotopic (exact) mass is 394 g/mol. The lowest BCUT2D eigenvalue weighted by Gasteiger charge is -2.35. The first kappa shape index (κ1) is 19.1. The van der Waals surface area contributed by atoms with Crippen molar-refractivity contribution in [2.75, 3.05) is 45.3 Å². The summed E-state index contributed by atoms with van der Waals surface area (Å²) < 4.78 is 12.8. The van der Waals surface area contributed by atoms with Gasteiger partial charge in [-0.2, -0.15) is 0 Å². The summed E-state index contributed by atoms with van der Waals surface area (Å²) in [5.41, 5.74) is 2.73. The molecule has 0 unspecified atom stereocenters. The van der Waals surface area contributed by atoms with Crippen LogP contribution in [0.15, 0.2) is 42.5 Å². The molecule has 2 aromatic carbocycles. The first-order valence-corrected chi connectivity index (χ1v) is 9.87. The van der Waals surface area contributed by atoms with Gasteiger partial charge in [0, 0.05) is 44.4 Å². The van der Waals surface area contributed by atoms with E-state index < -0.39 is 0 Å².